The van der Waals surface area contributed by atoms with Crippen molar-refractivity contribution in [3.05, 3.63) is 53.6 Å². The van der Waals surface area contributed by atoms with Crippen molar-refractivity contribution >= 4 is 27.3 Å². The quantitative estimate of drug-likeness (QED) is 0.822. The zero-order valence-electron chi connectivity index (χ0n) is 15.6. The molecule has 3 rings (SSSR count). The maximum atomic E-state index is 12.5. The summed E-state index contributed by atoms with van der Waals surface area (Å²) in [6.07, 6.45) is 2.14. The Morgan fingerprint density at radius 3 is 2.78 bits per heavy atom. The lowest BCUT2D eigenvalue weighted by molar-refractivity contribution is 0.102. The summed E-state index contributed by atoms with van der Waals surface area (Å²) in [5.41, 5.74) is 2.80. The normalized spacial score (nSPS) is 13.8. The Labute approximate surface area is 160 Å². The lowest BCUT2D eigenvalue weighted by atomic mass is 10.0. The summed E-state index contributed by atoms with van der Waals surface area (Å²) >= 11 is 0. The van der Waals surface area contributed by atoms with Gasteiger partial charge in [-0.25, -0.2) is 8.42 Å². The predicted octanol–water partition coefficient (Wildman–Crippen LogP) is 3.44. The van der Waals surface area contributed by atoms with Crippen LogP contribution < -0.4 is 14.4 Å². The highest BCUT2D eigenvalue weighted by atomic mass is 32.2. The standard InChI is InChI=1S/C20H24N2O4S/c1-3-12-27(24,25)22-11-5-7-15-13-17(9-10-19(15)22)21-20(23)16-6-4-8-18(14-16)26-2/h4,6,8-10,13-14H,3,5,7,11-12H2,1-2H3,(H,21,23). The third-order valence-electron chi connectivity index (χ3n) is 4.54. The van der Waals surface area contributed by atoms with Crippen molar-refractivity contribution in [3.63, 3.8) is 0 Å². The van der Waals surface area contributed by atoms with E-state index >= 15 is 0 Å². The van der Waals surface area contributed by atoms with Gasteiger partial charge in [-0.15, -0.1) is 0 Å². The first-order chi connectivity index (χ1) is 12.9. The molecule has 1 aliphatic heterocycles. The largest absolute Gasteiger partial charge is 0.497 e. The van der Waals surface area contributed by atoms with Crippen LogP contribution in [0.3, 0.4) is 0 Å². The van der Waals surface area contributed by atoms with Gasteiger partial charge in [-0.05, 0) is 61.2 Å². The zero-order chi connectivity index (χ0) is 19.4. The maximum absolute atomic E-state index is 12.5. The third kappa shape index (κ3) is 4.24. The maximum Gasteiger partial charge on any atom is 0.255 e. The van der Waals surface area contributed by atoms with E-state index in [4.69, 9.17) is 4.74 Å². The van der Waals surface area contributed by atoms with Crippen molar-refractivity contribution < 1.29 is 17.9 Å². The van der Waals surface area contributed by atoms with E-state index in [-0.39, 0.29) is 11.7 Å². The average molecular weight is 388 g/mol. The Morgan fingerprint density at radius 2 is 2.04 bits per heavy atom. The van der Waals surface area contributed by atoms with Crippen LogP contribution in [0, 0.1) is 0 Å². The summed E-state index contributed by atoms with van der Waals surface area (Å²) in [6, 6.07) is 12.3. The molecule has 0 aliphatic carbocycles. The summed E-state index contributed by atoms with van der Waals surface area (Å²) in [5, 5.41) is 2.88. The van der Waals surface area contributed by atoms with Crippen LogP contribution in [0.25, 0.3) is 0 Å². The number of benzene rings is 2. The minimum absolute atomic E-state index is 0.140. The highest BCUT2D eigenvalue weighted by Crippen LogP contribution is 2.32. The molecule has 144 valence electrons. The lowest BCUT2D eigenvalue weighted by Crippen LogP contribution is -2.37. The van der Waals surface area contributed by atoms with Crippen molar-refractivity contribution in [1.29, 1.82) is 0 Å². The van der Waals surface area contributed by atoms with Crippen LogP contribution >= 0.6 is 0 Å². The minimum Gasteiger partial charge on any atom is -0.497 e. The highest BCUT2D eigenvalue weighted by molar-refractivity contribution is 7.92. The molecule has 0 unspecified atom stereocenters. The molecule has 6 nitrogen and oxygen atoms in total. The molecule has 0 aromatic heterocycles. The molecule has 0 atom stereocenters. The number of sulfonamides is 1. The summed E-state index contributed by atoms with van der Waals surface area (Å²) in [5.74, 6) is 0.519. The Morgan fingerprint density at radius 1 is 1.22 bits per heavy atom. The van der Waals surface area contributed by atoms with Gasteiger partial charge in [-0.1, -0.05) is 13.0 Å². The molecular formula is C20H24N2O4S. The minimum atomic E-state index is -3.30. The van der Waals surface area contributed by atoms with Gasteiger partial charge >= 0.3 is 0 Å². The van der Waals surface area contributed by atoms with Gasteiger partial charge in [0.15, 0.2) is 0 Å². The van der Waals surface area contributed by atoms with E-state index in [0.717, 1.165) is 18.4 Å². The molecule has 0 saturated carbocycles. The van der Waals surface area contributed by atoms with Crippen LogP contribution in [0.15, 0.2) is 42.5 Å². The van der Waals surface area contributed by atoms with Gasteiger partial charge in [0.05, 0.1) is 18.6 Å². The van der Waals surface area contributed by atoms with Crippen LogP contribution in [0.2, 0.25) is 0 Å². The van der Waals surface area contributed by atoms with Crippen molar-refractivity contribution in [3.8, 4) is 5.75 Å². The van der Waals surface area contributed by atoms with E-state index < -0.39 is 10.0 Å². The van der Waals surface area contributed by atoms with E-state index in [9.17, 15) is 13.2 Å². The fraction of sp³-hybridized carbons (Fsp3) is 0.350. The summed E-state index contributed by atoms with van der Waals surface area (Å²) in [6.45, 7) is 2.37. The fourth-order valence-corrected chi connectivity index (χ4v) is 4.89. The molecule has 27 heavy (non-hydrogen) atoms. The summed E-state index contributed by atoms with van der Waals surface area (Å²) < 4.78 is 31.7. The topological polar surface area (TPSA) is 75.7 Å². The van der Waals surface area contributed by atoms with E-state index in [1.165, 1.54) is 4.31 Å². The number of carbonyl (C=O) groups is 1. The third-order valence-corrected chi connectivity index (χ3v) is 6.52. The Balaban J connectivity index is 1.82. The number of ether oxygens (including phenoxy) is 1. The molecule has 2 aromatic carbocycles. The van der Waals surface area contributed by atoms with Crippen molar-refractivity contribution in [1.82, 2.24) is 0 Å². The van der Waals surface area contributed by atoms with Gasteiger partial charge in [0, 0.05) is 17.8 Å². The SMILES string of the molecule is CCCS(=O)(=O)N1CCCc2cc(NC(=O)c3cccc(OC)c3)ccc21. The second-order valence-electron chi connectivity index (χ2n) is 6.52. The number of hydrogen-bond donors (Lipinski definition) is 1. The number of nitrogens with one attached hydrogen (secondary N) is 1. The van der Waals surface area contributed by atoms with Gasteiger partial charge in [0.2, 0.25) is 10.0 Å². The number of nitrogens with zero attached hydrogens (tertiary/aromatic N) is 1. The van der Waals surface area contributed by atoms with Crippen LogP contribution in [0.5, 0.6) is 5.75 Å². The first-order valence-electron chi connectivity index (χ1n) is 9.03. The second-order valence-corrected chi connectivity index (χ2v) is 8.53. The molecular weight excluding hydrogens is 364 g/mol. The van der Waals surface area contributed by atoms with E-state index in [1.807, 2.05) is 13.0 Å². The molecule has 1 amide bonds. The van der Waals surface area contributed by atoms with E-state index in [2.05, 4.69) is 5.32 Å². The summed E-state index contributed by atoms with van der Waals surface area (Å²) in [7, 11) is -1.75. The Bertz CT molecular complexity index is 941. The van der Waals surface area contributed by atoms with Crippen LogP contribution in [-0.2, 0) is 16.4 Å². The van der Waals surface area contributed by atoms with Gasteiger partial charge in [-0.3, -0.25) is 9.10 Å². The molecule has 0 radical (unpaired) electrons. The molecule has 0 fully saturated rings. The lowest BCUT2D eigenvalue weighted by Gasteiger charge is -2.30. The monoisotopic (exact) mass is 388 g/mol. The Hall–Kier alpha value is -2.54. The average Bonchev–Trinajstić information content (AvgIpc) is 2.67. The van der Waals surface area contributed by atoms with Crippen molar-refractivity contribution in [2.75, 3.05) is 29.0 Å². The first-order valence-corrected chi connectivity index (χ1v) is 10.6. The number of anilines is 2. The first kappa shape index (κ1) is 19.2. The number of amides is 1. The number of fused-ring (bicyclic) bond motifs is 1. The van der Waals surface area contributed by atoms with E-state index in [0.29, 0.717) is 35.7 Å². The van der Waals surface area contributed by atoms with Crippen LogP contribution in [0.4, 0.5) is 11.4 Å². The molecule has 1 N–H and O–H groups in total. The van der Waals surface area contributed by atoms with Crippen molar-refractivity contribution in [2.45, 2.75) is 26.2 Å². The van der Waals surface area contributed by atoms with Gasteiger partial charge in [0.25, 0.3) is 5.91 Å². The van der Waals surface area contributed by atoms with Gasteiger partial charge in [0.1, 0.15) is 5.75 Å². The highest BCUT2D eigenvalue weighted by Gasteiger charge is 2.26. The summed E-state index contributed by atoms with van der Waals surface area (Å²) in [4.78, 5) is 12.5. The zero-order valence-corrected chi connectivity index (χ0v) is 16.4. The smallest absolute Gasteiger partial charge is 0.255 e. The number of hydrogen-bond acceptors (Lipinski definition) is 4. The molecule has 7 heteroatoms. The van der Waals surface area contributed by atoms with E-state index in [1.54, 1.807) is 43.5 Å². The predicted molar refractivity (Wildman–Crippen MR) is 107 cm³/mol. The second kappa shape index (κ2) is 8.00. The molecule has 1 heterocycles. The molecule has 0 saturated heterocycles. The molecule has 0 bridgehead atoms. The molecule has 2 aromatic rings. The van der Waals surface area contributed by atoms with Gasteiger partial charge in [-0.2, -0.15) is 0 Å². The number of methoxy groups -OCH3 is 1. The molecule has 0 spiro atoms. The van der Waals surface area contributed by atoms with Crippen LogP contribution in [-0.4, -0.2) is 33.7 Å². The fourth-order valence-electron chi connectivity index (χ4n) is 3.27. The number of rotatable bonds is 6. The number of aryl methyl sites for hydroxylation is 1. The Kier molecular flexibility index (Phi) is 5.70. The van der Waals surface area contributed by atoms with Crippen molar-refractivity contribution in [2.24, 2.45) is 0 Å². The molecule has 1 aliphatic rings. The van der Waals surface area contributed by atoms with Gasteiger partial charge < -0.3 is 10.1 Å². The van der Waals surface area contributed by atoms with Crippen LogP contribution in [0.1, 0.15) is 35.7 Å². The number of carbonyl (C=O) groups excluding carboxylic acids is 1.